The molecule has 2 aromatic rings. The Bertz CT molecular complexity index is 873. The molecular formula is C14H11ClFN3O2S. The summed E-state index contributed by atoms with van der Waals surface area (Å²) in [5, 5.41) is 10.0. The van der Waals surface area contributed by atoms with Crippen molar-refractivity contribution in [2.24, 2.45) is 4.99 Å². The Hall–Kier alpha value is -2.25. The molecule has 0 saturated carbocycles. The highest BCUT2D eigenvalue weighted by Crippen LogP contribution is 2.21. The first kappa shape index (κ1) is 16.1. The third kappa shape index (κ3) is 3.32. The van der Waals surface area contributed by atoms with Crippen LogP contribution in [0.5, 0.6) is 5.88 Å². The fraction of sp³-hybridized carbons (Fsp3) is 0.0714. The minimum absolute atomic E-state index is 0.0732. The number of allylic oxidation sites excluding steroid dienone is 1. The number of aliphatic imine (C=N–C) groups is 1. The molecule has 0 aliphatic rings. The number of benzene rings is 1. The smallest absolute Gasteiger partial charge is 0.264 e. The highest BCUT2D eigenvalue weighted by Gasteiger charge is 2.10. The van der Waals surface area contributed by atoms with Gasteiger partial charge < -0.3 is 5.11 Å². The zero-order chi connectivity index (χ0) is 16.3. The highest BCUT2D eigenvalue weighted by molar-refractivity contribution is 7.71. The lowest BCUT2D eigenvalue weighted by atomic mass is 10.3. The number of aromatic amines is 1. The van der Waals surface area contributed by atoms with E-state index in [1.807, 2.05) is 0 Å². The van der Waals surface area contributed by atoms with Gasteiger partial charge in [0, 0.05) is 12.8 Å². The Labute approximate surface area is 135 Å². The fourth-order valence-corrected chi connectivity index (χ4v) is 2.12. The monoisotopic (exact) mass is 339 g/mol. The van der Waals surface area contributed by atoms with E-state index in [4.69, 9.17) is 23.8 Å². The van der Waals surface area contributed by atoms with Crippen molar-refractivity contribution in [3.05, 3.63) is 62.4 Å². The second kappa shape index (κ2) is 6.67. The lowest BCUT2D eigenvalue weighted by molar-refractivity contribution is 0.413. The van der Waals surface area contributed by atoms with Crippen molar-refractivity contribution >= 4 is 35.7 Å². The van der Waals surface area contributed by atoms with E-state index in [0.29, 0.717) is 5.69 Å². The van der Waals surface area contributed by atoms with E-state index in [1.54, 1.807) is 0 Å². The minimum Gasteiger partial charge on any atom is -0.494 e. The van der Waals surface area contributed by atoms with Crippen LogP contribution < -0.4 is 5.56 Å². The van der Waals surface area contributed by atoms with Crippen LogP contribution in [0.25, 0.3) is 0 Å². The van der Waals surface area contributed by atoms with Crippen molar-refractivity contribution in [2.75, 3.05) is 0 Å². The van der Waals surface area contributed by atoms with Crippen molar-refractivity contribution in [3.63, 3.8) is 0 Å². The molecule has 0 bridgehead atoms. The molecule has 0 radical (unpaired) electrons. The molecule has 22 heavy (non-hydrogen) atoms. The molecule has 0 spiro atoms. The molecule has 2 rings (SSSR count). The van der Waals surface area contributed by atoms with Crippen LogP contribution in [0.15, 0.2) is 40.6 Å². The van der Waals surface area contributed by atoms with Crippen molar-refractivity contribution in [1.29, 1.82) is 0 Å². The zero-order valence-corrected chi connectivity index (χ0v) is 12.8. The van der Waals surface area contributed by atoms with Crippen molar-refractivity contribution in [1.82, 2.24) is 9.55 Å². The summed E-state index contributed by atoms with van der Waals surface area (Å²) in [6.07, 6.45) is 2.68. The van der Waals surface area contributed by atoms with Crippen LogP contribution in [0.3, 0.4) is 0 Å². The molecule has 8 heteroatoms. The summed E-state index contributed by atoms with van der Waals surface area (Å²) in [6.45, 7) is 3.77. The van der Waals surface area contributed by atoms with Gasteiger partial charge in [0.15, 0.2) is 4.77 Å². The number of aromatic nitrogens is 2. The minimum atomic E-state index is -0.584. The second-order valence-corrected chi connectivity index (χ2v) is 5.05. The van der Waals surface area contributed by atoms with Gasteiger partial charge in [-0.1, -0.05) is 17.7 Å². The van der Waals surface area contributed by atoms with Gasteiger partial charge in [0.05, 0.1) is 10.7 Å². The molecule has 0 amide bonds. The van der Waals surface area contributed by atoms with Gasteiger partial charge in [-0.2, -0.15) is 0 Å². The van der Waals surface area contributed by atoms with E-state index < -0.39 is 11.4 Å². The molecule has 0 aliphatic heterocycles. The van der Waals surface area contributed by atoms with E-state index in [9.17, 15) is 14.3 Å². The molecular weight excluding hydrogens is 329 g/mol. The summed E-state index contributed by atoms with van der Waals surface area (Å²) in [7, 11) is 0. The topological polar surface area (TPSA) is 70.4 Å². The fourth-order valence-electron chi connectivity index (χ4n) is 1.69. The molecule has 1 aromatic heterocycles. The van der Waals surface area contributed by atoms with E-state index in [0.717, 1.165) is 12.3 Å². The molecule has 5 nitrogen and oxygen atoms in total. The van der Waals surface area contributed by atoms with Crippen LogP contribution in [0.2, 0.25) is 5.02 Å². The van der Waals surface area contributed by atoms with Crippen LogP contribution in [0.4, 0.5) is 10.1 Å². The summed E-state index contributed by atoms with van der Waals surface area (Å²) < 4.78 is 14.4. The SMILES string of the molecule is C=CCn1c(O)c(C=Nc2ccc(F)c(Cl)c2)c(=O)[nH]c1=S. The Morgan fingerprint density at radius 2 is 2.27 bits per heavy atom. The molecule has 1 aromatic carbocycles. The van der Waals surface area contributed by atoms with Crippen LogP contribution >= 0.6 is 23.8 Å². The number of hydrogen-bond donors (Lipinski definition) is 2. The van der Waals surface area contributed by atoms with Crippen molar-refractivity contribution in [2.45, 2.75) is 6.54 Å². The number of nitrogens with zero attached hydrogens (tertiary/aromatic N) is 2. The molecule has 2 N–H and O–H groups in total. The van der Waals surface area contributed by atoms with Crippen molar-refractivity contribution in [3.8, 4) is 5.88 Å². The maximum Gasteiger partial charge on any atom is 0.264 e. The van der Waals surface area contributed by atoms with E-state index in [1.165, 1.54) is 22.8 Å². The van der Waals surface area contributed by atoms with Crippen LogP contribution in [0, 0.1) is 10.6 Å². The van der Waals surface area contributed by atoms with Crippen molar-refractivity contribution < 1.29 is 9.50 Å². The van der Waals surface area contributed by atoms with Gasteiger partial charge in [0.2, 0.25) is 5.88 Å². The molecule has 0 aliphatic carbocycles. The van der Waals surface area contributed by atoms with E-state index in [-0.39, 0.29) is 27.8 Å². The van der Waals surface area contributed by atoms with Gasteiger partial charge in [-0.05, 0) is 30.4 Å². The van der Waals surface area contributed by atoms with Gasteiger partial charge in [-0.3, -0.25) is 19.3 Å². The third-order valence-electron chi connectivity index (χ3n) is 2.76. The number of rotatable bonds is 4. The zero-order valence-electron chi connectivity index (χ0n) is 11.2. The van der Waals surface area contributed by atoms with E-state index in [2.05, 4.69) is 16.6 Å². The molecule has 0 fully saturated rings. The van der Waals surface area contributed by atoms with Crippen LogP contribution in [0.1, 0.15) is 5.56 Å². The first-order valence-electron chi connectivity index (χ1n) is 6.10. The van der Waals surface area contributed by atoms with E-state index >= 15 is 0 Å². The number of H-pyrrole nitrogens is 1. The summed E-state index contributed by atoms with van der Waals surface area (Å²) in [5.41, 5.74) is -0.321. The number of hydrogen-bond acceptors (Lipinski definition) is 4. The lowest BCUT2D eigenvalue weighted by Gasteiger charge is -2.08. The molecule has 0 unspecified atom stereocenters. The maximum absolute atomic E-state index is 13.1. The summed E-state index contributed by atoms with van der Waals surface area (Å²) in [4.78, 5) is 18.3. The normalized spacial score (nSPS) is 11.0. The van der Waals surface area contributed by atoms with Crippen LogP contribution in [-0.2, 0) is 6.54 Å². The first-order chi connectivity index (χ1) is 10.4. The highest BCUT2D eigenvalue weighted by atomic mass is 35.5. The lowest BCUT2D eigenvalue weighted by Crippen LogP contribution is -2.18. The van der Waals surface area contributed by atoms with Gasteiger partial charge in [-0.15, -0.1) is 6.58 Å². The average Bonchev–Trinajstić information content (AvgIpc) is 2.46. The number of halogens is 2. The Morgan fingerprint density at radius 1 is 1.55 bits per heavy atom. The molecule has 0 atom stereocenters. The quantitative estimate of drug-likeness (QED) is 0.510. The molecule has 114 valence electrons. The largest absolute Gasteiger partial charge is 0.494 e. The Balaban J connectivity index is 2.48. The van der Waals surface area contributed by atoms with Crippen LogP contribution in [-0.4, -0.2) is 20.9 Å². The number of aromatic hydroxyl groups is 1. The van der Waals surface area contributed by atoms with Gasteiger partial charge >= 0.3 is 0 Å². The predicted octanol–water partition coefficient (Wildman–Crippen LogP) is 3.34. The molecule has 0 saturated heterocycles. The standard InChI is InChI=1S/C14H11ClFN3O2S/c1-2-5-19-13(21)9(12(20)18-14(19)22)7-17-8-3-4-11(16)10(15)6-8/h2-4,6-7,21H,1,5H2,(H,18,20,22). The third-order valence-corrected chi connectivity index (χ3v) is 3.38. The summed E-state index contributed by atoms with van der Waals surface area (Å²) in [5.74, 6) is -0.897. The summed E-state index contributed by atoms with van der Waals surface area (Å²) in [6, 6.07) is 3.85. The maximum atomic E-state index is 13.1. The Morgan fingerprint density at radius 3 is 2.91 bits per heavy atom. The number of nitrogens with one attached hydrogen (secondary N) is 1. The van der Waals surface area contributed by atoms with Gasteiger partial charge in [-0.25, -0.2) is 4.39 Å². The van der Waals surface area contributed by atoms with Gasteiger partial charge in [0.25, 0.3) is 5.56 Å². The first-order valence-corrected chi connectivity index (χ1v) is 6.88. The summed E-state index contributed by atoms with van der Waals surface area (Å²) >= 11 is 10.6. The average molecular weight is 340 g/mol. The van der Waals surface area contributed by atoms with Gasteiger partial charge in [0.1, 0.15) is 11.4 Å². The Kier molecular flexibility index (Phi) is 4.89. The molecule has 1 heterocycles. The predicted molar refractivity (Wildman–Crippen MR) is 86.4 cm³/mol. The second-order valence-electron chi connectivity index (χ2n) is 4.25.